The predicted molar refractivity (Wildman–Crippen MR) is 83.0 cm³/mol. The number of urea groups is 1. The zero-order valence-corrected chi connectivity index (χ0v) is 12.2. The molecule has 3 rings (SSSR count). The monoisotopic (exact) mass is 285 g/mol. The predicted octanol–water partition coefficient (Wildman–Crippen LogP) is 2.31. The van der Waals surface area contributed by atoms with Crippen molar-refractivity contribution < 1.29 is 4.79 Å². The third kappa shape index (κ3) is 2.33. The van der Waals surface area contributed by atoms with E-state index in [0.29, 0.717) is 12.4 Å². The lowest BCUT2D eigenvalue weighted by Crippen LogP contribution is -2.36. The smallest absolute Gasteiger partial charge is 0.324 e. The van der Waals surface area contributed by atoms with Crippen molar-refractivity contribution in [2.45, 2.75) is 19.9 Å². The van der Waals surface area contributed by atoms with Gasteiger partial charge in [-0.15, -0.1) is 0 Å². The molecule has 1 aliphatic rings. The van der Waals surface area contributed by atoms with Crippen molar-refractivity contribution >= 4 is 17.5 Å². The SMILES string of the molecule is CC(C)N1CCN(c2cccc(-c3cn[nH]c3N)c2)C1=O. The minimum atomic E-state index is 0.0577. The van der Waals surface area contributed by atoms with Crippen LogP contribution in [0.3, 0.4) is 0 Å². The summed E-state index contributed by atoms with van der Waals surface area (Å²) in [5.41, 5.74) is 8.55. The van der Waals surface area contributed by atoms with E-state index in [-0.39, 0.29) is 12.1 Å². The molecular formula is C15H19N5O. The van der Waals surface area contributed by atoms with Gasteiger partial charge in [-0.05, 0) is 31.5 Å². The van der Waals surface area contributed by atoms with Gasteiger partial charge in [-0.2, -0.15) is 5.10 Å². The van der Waals surface area contributed by atoms with E-state index < -0.39 is 0 Å². The number of rotatable bonds is 3. The third-order valence-electron chi connectivity index (χ3n) is 3.80. The molecule has 0 saturated carbocycles. The van der Waals surface area contributed by atoms with Gasteiger partial charge >= 0.3 is 6.03 Å². The van der Waals surface area contributed by atoms with E-state index in [0.717, 1.165) is 23.4 Å². The molecule has 1 aromatic heterocycles. The lowest BCUT2D eigenvalue weighted by molar-refractivity contribution is 0.209. The van der Waals surface area contributed by atoms with Gasteiger partial charge in [-0.25, -0.2) is 4.79 Å². The summed E-state index contributed by atoms with van der Waals surface area (Å²) < 4.78 is 0. The molecule has 1 aromatic carbocycles. The second kappa shape index (κ2) is 5.12. The van der Waals surface area contributed by atoms with Crippen LogP contribution in [0, 0.1) is 0 Å². The number of aromatic nitrogens is 2. The largest absolute Gasteiger partial charge is 0.384 e. The topological polar surface area (TPSA) is 78.2 Å². The Morgan fingerprint density at radius 1 is 1.33 bits per heavy atom. The molecular weight excluding hydrogens is 266 g/mol. The standard InChI is InChI=1S/C15H19N5O/c1-10(2)19-6-7-20(15(19)21)12-5-3-4-11(8-12)13-9-17-18-14(13)16/h3-5,8-10H,6-7H2,1-2H3,(H3,16,17,18). The van der Waals surface area contributed by atoms with E-state index in [1.807, 2.05) is 43.0 Å². The first kappa shape index (κ1) is 13.5. The Morgan fingerprint density at radius 3 is 2.76 bits per heavy atom. The summed E-state index contributed by atoms with van der Waals surface area (Å²) in [6.45, 7) is 5.53. The molecule has 1 fully saturated rings. The average Bonchev–Trinajstić information content (AvgIpc) is 3.05. The summed E-state index contributed by atoms with van der Waals surface area (Å²) >= 11 is 0. The van der Waals surface area contributed by atoms with Gasteiger partial charge in [0.1, 0.15) is 5.82 Å². The number of hydrogen-bond acceptors (Lipinski definition) is 3. The third-order valence-corrected chi connectivity index (χ3v) is 3.80. The maximum Gasteiger partial charge on any atom is 0.324 e. The highest BCUT2D eigenvalue weighted by Gasteiger charge is 2.31. The molecule has 21 heavy (non-hydrogen) atoms. The van der Waals surface area contributed by atoms with E-state index in [1.54, 1.807) is 11.1 Å². The van der Waals surface area contributed by atoms with Crippen molar-refractivity contribution in [1.29, 1.82) is 0 Å². The van der Waals surface area contributed by atoms with Gasteiger partial charge in [0.05, 0.1) is 6.20 Å². The summed E-state index contributed by atoms with van der Waals surface area (Å²) in [6, 6.07) is 8.09. The van der Waals surface area contributed by atoms with Crippen LogP contribution in [0.25, 0.3) is 11.1 Å². The number of amides is 2. The fourth-order valence-corrected chi connectivity index (χ4v) is 2.64. The molecule has 1 aliphatic heterocycles. The number of nitrogens with one attached hydrogen (secondary N) is 1. The molecule has 0 unspecified atom stereocenters. The van der Waals surface area contributed by atoms with Crippen LogP contribution < -0.4 is 10.6 Å². The molecule has 0 atom stereocenters. The van der Waals surface area contributed by atoms with Crippen LogP contribution in [0.15, 0.2) is 30.5 Å². The van der Waals surface area contributed by atoms with Crippen LogP contribution in [0.1, 0.15) is 13.8 Å². The Morgan fingerprint density at radius 2 is 2.14 bits per heavy atom. The van der Waals surface area contributed by atoms with Crippen molar-refractivity contribution in [3.05, 3.63) is 30.5 Å². The van der Waals surface area contributed by atoms with Crippen molar-refractivity contribution in [3.8, 4) is 11.1 Å². The number of hydrogen-bond donors (Lipinski definition) is 2. The summed E-state index contributed by atoms with van der Waals surface area (Å²) in [7, 11) is 0. The minimum absolute atomic E-state index is 0.0577. The average molecular weight is 285 g/mol. The molecule has 6 heteroatoms. The number of carbonyl (C=O) groups excluding carboxylic acids is 1. The van der Waals surface area contributed by atoms with E-state index in [9.17, 15) is 4.79 Å². The van der Waals surface area contributed by atoms with Crippen molar-refractivity contribution in [3.63, 3.8) is 0 Å². The zero-order valence-electron chi connectivity index (χ0n) is 12.2. The van der Waals surface area contributed by atoms with Gasteiger partial charge in [-0.1, -0.05) is 12.1 Å². The number of nitrogens with two attached hydrogens (primary N) is 1. The van der Waals surface area contributed by atoms with E-state index in [4.69, 9.17) is 5.73 Å². The highest BCUT2D eigenvalue weighted by Crippen LogP contribution is 2.29. The summed E-state index contributed by atoms with van der Waals surface area (Å²) in [5, 5.41) is 6.66. The lowest BCUT2D eigenvalue weighted by atomic mass is 10.1. The van der Waals surface area contributed by atoms with Gasteiger partial charge in [0, 0.05) is 30.4 Å². The van der Waals surface area contributed by atoms with Crippen LogP contribution in [0.2, 0.25) is 0 Å². The summed E-state index contributed by atoms with van der Waals surface area (Å²) in [4.78, 5) is 16.1. The first-order valence-corrected chi connectivity index (χ1v) is 7.05. The lowest BCUT2D eigenvalue weighted by Gasteiger charge is -2.22. The van der Waals surface area contributed by atoms with Crippen molar-refractivity contribution in [1.82, 2.24) is 15.1 Å². The molecule has 0 radical (unpaired) electrons. The van der Waals surface area contributed by atoms with Gasteiger partial charge in [0.15, 0.2) is 0 Å². The number of aromatic amines is 1. The molecule has 1 saturated heterocycles. The molecule has 2 amide bonds. The number of carbonyl (C=O) groups is 1. The van der Waals surface area contributed by atoms with Gasteiger partial charge in [0.2, 0.25) is 0 Å². The highest BCUT2D eigenvalue weighted by atomic mass is 16.2. The number of benzene rings is 1. The van der Waals surface area contributed by atoms with Crippen LogP contribution >= 0.6 is 0 Å². The second-order valence-electron chi connectivity index (χ2n) is 5.47. The first-order chi connectivity index (χ1) is 10.1. The van der Waals surface area contributed by atoms with Gasteiger partial charge in [-0.3, -0.25) is 10.00 Å². The summed E-state index contributed by atoms with van der Waals surface area (Å²) in [6.07, 6.45) is 1.70. The number of nitrogen functional groups attached to an aromatic ring is 1. The fourth-order valence-electron chi connectivity index (χ4n) is 2.64. The second-order valence-corrected chi connectivity index (χ2v) is 5.47. The number of anilines is 2. The van der Waals surface area contributed by atoms with Crippen LogP contribution in [0.5, 0.6) is 0 Å². The first-order valence-electron chi connectivity index (χ1n) is 7.05. The van der Waals surface area contributed by atoms with Crippen LogP contribution in [-0.2, 0) is 0 Å². The van der Waals surface area contributed by atoms with E-state index in [2.05, 4.69) is 10.2 Å². The van der Waals surface area contributed by atoms with Crippen molar-refractivity contribution in [2.75, 3.05) is 23.7 Å². The molecule has 6 nitrogen and oxygen atoms in total. The minimum Gasteiger partial charge on any atom is -0.384 e. The Hall–Kier alpha value is -2.50. The quantitative estimate of drug-likeness (QED) is 0.908. The maximum absolute atomic E-state index is 12.4. The Labute approximate surface area is 123 Å². The van der Waals surface area contributed by atoms with Gasteiger partial charge in [0.25, 0.3) is 0 Å². The Kier molecular flexibility index (Phi) is 3.29. The molecule has 0 spiro atoms. The number of H-pyrrole nitrogens is 1. The Balaban J connectivity index is 1.91. The zero-order chi connectivity index (χ0) is 15.0. The summed E-state index contributed by atoms with van der Waals surface area (Å²) in [5.74, 6) is 0.531. The maximum atomic E-state index is 12.4. The highest BCUT2D eigenvalue weighted by molar-refractivity contribution is 5.95. The molecule has 0 aliphatic carbocycles. The van der Waals surface area contributed by atoms with Gasteiger partial charge < -0.3 is 10.6 Å². The molecule has 2 heterocycles. The molecule has 0 bridgehead atoms. The number of nitrogens with zero attached hydrogens (tertiary/aromatic N) is 3. The van der Waals surface area contributed by atoms with Crippen molar-refractivity contribution in [2.24, 2.45) is 0 Å². The fraction of sp³-hybridized carbons (Fsp3) is 0.333. The van der Waals surface area contributed by atoms with Crippen LogP contribution in [0.4, 0.5) is 16.3 Å². The normalized spacial score (nSPS) is 15.3. The Bertz CT molecular complexity index is 664. The molecule has 2 aromatic rings. The van der Waals surface area contributed by atoms with E-state index in [1.165, 1.54) is 0 Å². The van der Waals surface area contributed by atoms with E-state index >= 15 is 0 Å². The van der Waals surface area contributed by atoms with Crippen LogP contribution in [-0.4, -0.2) is 40.3 Å². The molecule has 110 valence electrons. The molecule has 3 N–H and O–H groups in total.